The van der Waals surface area contributed by atoms with E-state index in [1.165, 1.54) is 6.92 Å². The van der Waals surface area contributed by atoms with Gasteiger partial charge in [0, 0.05) is 27.7 Å². The molecule has 0 rings (SSSR count). The zero-order valence-corrected chi connectivity index (χ0v) is 14.8. The Morgan fingerprint density at radius 3 is 1.68 bits per heavy atom. The van der Waals surface area contributed by atoms with Gasteiger partial charge in [-0.1, -0.05) is 6.58 Å². The molecule has 9 nitrogen and oxygen atoms in total. The van der Waals surface area contributed by atoms with Gasteiger partial charge < -0.3 is 18.9 Å². The van der Waals surface area contributed by atoms with Crippen LogP contribution in [0.4, 0.5) is 0 Å². The second kappa shape index (κ2) is 9.55. The highest BCUT2D eigenvalue weighted by molar-refractivity contribution is 5.72. The van der Waals surface area contributed by atoms with Gasteiger partial charge >= 0.3 is 23.9 Å². The minimum Gasteiger partial charge on any atom is -0.454 e. The second-order valence-corrected chi connectivity index (χ2v) is 5.30. The molecule has 140 valence electrons. The van der Waals surface area contributed by atoms with Crippen LogP contribution in [0.3, 0.4) is 0 Å². The molecule has 0 aliphatic heterocycles. The zero-order valence-electron chi connectivity index (χ0n) is 14.8. The molecular formula is C16H22O9. The summed E-state index contributed by atoms with van der Waals surface area (Å²) in [5.74, 6) is -3.22. The van der Waals surface area contributed by atoms with E-state index < -0.39 is 47.8 Å². The first-order valence-corrected chi connectivity index (χ1v) is 7.27. The summed E-state index contributed by atoms with van der Waals surface area (Å²) in [6.07, 6.45) is -3.30. The van der Waals surface area contributed by atoms with Crippen molar-refractivity contribution < 1.29 is 42.9 Å². The predicted molar refractivity (Wildman–Crippen MR) is 83.1 cm³/mol. The average Bonchev–Trinajstić information content (AvgIpc) is 2.46. The molecule has 0 N–H and O–H groups in total. The molecule has 9 heteroatoms. The van der Waals surface area contributed by atoms with Crippen LogP contribution < -0.4 is 0 Å². The first-order valence-electron chi connectivity index (χ1n) is 7.27. The molecule has 0 aromatic rings. The zero-order chi connectivity index (χ0) is 19.8. The third kappa shape index (κ3) is 7.15. The summed E-state index contributed by atoms with van der Waals surface area (Å²) in [5.41, 5.74) is -1.67. The Bertz CT molecular complexity index is 554. The molecule has 0 radical (unpaired) electrons. The van der Waals surface area contributed by atoms with Crippen LogP contribution in [0.25, 0.3) is 0 Å². The number of ether oxygens (including phenoxy) is 4. The van der Waals surface area contributed by atoms with Crippen LogP contribution in [0, 0.1) is 0 Å². The van der Waals surface area contributed by atoms with E-state index in [0.717, 1.165) is 33.8 Å². The van der Waals surface area contributed by atoms with Crippen molar-refractivity contribution in [3.05, 3.63) is 12.7 Å². The first kappa shape index (κ1) is 22.3. The highest BCUT2D eigenvalue weighted by Gasteiger charge is 2.49. The quantitative estimate of drug-likeness (QED) is 0.251. The lowest BCUT2D eigenvalue weighted by Crippen LogP contribution is -2.56. The topological polar surface area (TPSA) is 122 Å². The Morgan fingerprint density at radius 2 is 1.36 bits per heavy atom. The standard InChI is InChI=1S/C16H22O9/c1-7-16(6,25-12(5)21)15(24-11(4)20)14(23-10(3)19)13(8-17)22-9(2)18/h7-8,13-15H,1H2,2-6H3/t13-,14+,15+,16-/m1/s1. The van der Waals surface area contributed by atoms with Gasteiger partial charge in [-0.2, -0.15) is 0 Å². The monoisotopic (exact) mass is 358 g/mol. The molecule has 4 atom stereocenters. The lowest BCUT2D eigenvalue weighted by atomic mass is 9.91. The van der Waals surface area contributed by atoms with Gasteiger partial charge in [-0.15, -0.1) is 0 Å². The minimum absolute atomic E-state index is 0.211. The van der Waals surface area contributed by atoms with Crippen molar-refractivity contribution in [1.29, 1.82) is 0 Å². The number of rotatable bonds is 9. The van der Waals surface area contributed by atoms with Crippen molar-refractivity contribution in [2.45, 2.75) is 58.5 Å². The molecule has 0 aliphatic carbocycles. The fourth-order valence-electron chi connectivity index (χ4n) is 2.07. The summed E-state index contributed by atoms with van der Waals surface area (Å²) in [6, 6.07) is 0. The van der Waals surface area contributed by atoms with Gasteiger partial charge in [-0.25, -0.2) is 0 Å². The number of hydrogen-bond donors (Lipinski definition) is 0. The number of aldehydes is 1. The van der Waals surface area contributed by atoms with E-state index in [2.05, 4.69) is 6.58 Å². The highest BCUT2D eigenvalue weighted by Crippen LogP contribution is 2.28. The Labute approximate surface area is 145 Å². The maximum Gasteiger partial charge on any atom is 0.303 e. The summed E-state index contributed by atoms with van der Waals surface area (Å²) >= 11 is 0. The molecule has 0 saturated heterocycles. The van der Waals surface area contributed by atoms with Gasteiger partial charge in [0.25, 0.3) is 0 Å². The fraction of sp³-hybridized carbons (Fsp3) is 0.562. The summed E-state index contributed by atoms with van der Waals surface area (Å²) in [4.78, 5) is 56.9. The Hall–Kier alpha value is -2.71. The van der Waals surface area contributed by atoms with Gasteiger partial charge in [0.2, 0.25) is 0 Å². The third-order valence-electron chi connectivity index (χ3n) is 2.99. The summed E-state index contributed by atoms with van der Waals surface area (Å²) < 4.78 is 20.1. The summed E-state index contributed by atoms with van der Waals surface area (Å²) in [5, 5.41) is 0. The molecule has 0 heterocycles. The van der Waals surface area contributed by atoms with E-state index in [4.69, 9.17) is 18.9 Å². The largest absolute Gasteiger partial charge is 0.454 e. The van der Waals surface area contributed by atoms with Gasteiger partial charge in [-0.3, -0.25) is 24.0 Å². The summed E-state index contributed by atoms with van der Waals surface area (Å²) in [7, 11) is 0. The Kier molecular flexibility index (Phi) is 8.52. The Balaban J connectivity index is 6.13. The number of carbonyl (C=O) groups excluding carboxylic acids is 5. The molecule has 0 unspecified atom stereocenters. The van der Waals surface area contributed by atoms with Crippen LogP contribution in [0.1, 0.15) is 34.6 Å². The van der Waals surface area contributed by atoms with E-state index in [9.17, 15) is 24.0 Å². The number of esters is 4. The summed E-state index contributed by atoms with van der Waals surface area (Å²) in [6.45, 7) is 9.11. The van der Waals surface area contributed by atoms with Crippen LogP contribution in [-0.4, -0.2) is 54.1 Å². The van der Waals surface area contributed by atoms with Crippen LogP contribution in [0.2, 0.25) is 0 Å². The predicted octanol–water partition coefficient (Wildman–Crippen LogP) is 0.488. The molecule has 0 fully saturated rings. The third-order valence-corrected chi connectivity index (χ3v) is 2.99. The second-order valence-electron chi connectivity index (χ2n) is 5.30. The van der Waals surface area contributed by atoms with E-state index in [1.807, 2.05) is 0 Å². The molecule has 25 heavy (non-hydrogen) atoms. The van der Waals surface area contributed by atoms with Crippen molar-refractivity contribution in [2.24, 2.45) is 0 Å². The lowest BCUT2D eigenvalue weighted by Gasteiger charge is -2.38. The highest BCUT2D eigenvalue weighted by atomic mass is 16.6. The van der Waals surface area contributed by atoms with Crippen LogP contribution >= 0.6 is 0 Å². The first-order chi connectivity index (χ1) is 11.5. The Morgan fingerprint density at radius 1 is 0.880 bits per heavy atom. The van der Waals surface area contributed by atoms with Crippen molar-refractivity contribution in [2.75, 3.05) is 0 Å². The van der Waals surface area contributed by atoms with E-state index >= 15 is 0 Å². The molecule has 0 aromatic carbocycles. The number of hydrogen-bond acceptors (Lipinski definition) is 9. The maximum absolute atomic E-state index is 11.5. The van der Waals surface area contributed by atoms with Gasteiger partial charge in [0.15, 0.2) is 30.2 Å². The SMILES string of the molecule is C=C[C@@](C)(OC(C)=O)[C@@H](OC(C)=O)[C@@H](OC(C)=O)[C@@H](C=O)OC(C)=O. The van der Waals surface area contributed by atoms with Crippen molar-refractivity contribution >= 4 is 30.2 Å². The normalized spacial score (nSPS) is 16.2. The van der Waals surface area contributed by atoms with Crippen LogP contribution in [0.15, 0.2) is 12.7 Å². The van der Waals surface area contributed by atoms with Crippen molar-refractivity contribution in [1.82, 2.24) is 0 Å². The minimum atomic E-state index is -1.67. The van der Waals surface area contributed by atoms with Crippen LogP contribution in [-0.2, 0) is 42.9 Å². The molecule has 0 spiro atoms. The maximum atomic E-state index is 11.5. The average molecular weight is 358 g/mol. The molecular weight excluding hydrogens is 336 g/mol. The van der Waals surface area contributed by atoms with E-state index in [-0.39, 0.29) is 6.29 Å². The van der Waals surface area contributed by atoms with E-state index in [0.29, 0.717) is 0 Å². The van der Waals surface area contributed by atoms with Crippen molar-refractivity contribution in [3.63, 3.8) is 0 Å². The molecule has 0 bridgehead atoms. The molecule has 0 saturated carbocycles. The molecule has 0 amide bonds. The van der Waals surface area contributed by atoms with Gasteiger partial charge in [-0.05, 0) is 13.0 Å². The molecule has 0 aliphatic rings. The van der Waals surface area contributed by atoms with Crippen molar-refractivity contribution in [3.8, 4) is 0 Å². The smallest absolute Gasteiger partial charge is 0.303 e. The van der Waals surface area contributed by atoms with Gasteiger partial charge in [0.05, 0.1) is 0 Å². The van der Waals surface area contributed by atoms with Crippen LogP contribution in [0.5, 0.6) is 0 Å². The van der Waals surface area contributed by atoms with Gasteiger partial charge in [0.1, 0.15) is 0 Å². The van der Waals surface area contributed by atoms with E-state index in [1.54, 1.807) is 0 Å². The number of carbonyl (C=O) groups is 5. The molecule has 0 aromatic heterocycles. The lowest BCUT2D eigenvalue weighted by molar-refractivity contribution is -0.204. The fourth-order valence-corrected chi connectivity index (χ4v) is 2.07.